The number of piperazine rings is 1. The number of likely N-dealkylation sites (N-methyl/N-ethyl adjacent to an activating group) is 1. The maximum atomic E-state index is 14.5. The second kappa shape index (κ2) is 9.53. The molecular weight excluding hydrogens is 534 g/mol. The Morgan fingerprint density at radius 2 is 2.05 bits per heavy atom. The number of amides is 3. The van der Waals surface area contributed by atoms with E-state index in [4.69, 9.17) is 4.74 Å². The lowest BCUT2D eigenvalue weighted by Crippen LogP contribution is -2.72. The molecule has 0 spiro atoms. The van der Waals surface area contributed by atoms with Gasteiger partial charge in [-0.25, -0.2) is 0 Å². The third-order valence-corrected chi connectivity index (χ3v) is 11.1. The summed E-state index contributed by atoms with van der Waals surface area (Å²) in [7, 11) is 2.07. The number of carbonyl (C=O) groups excluding carboxylic acids is 3. The first-order valence-corrected chi connectivity index (χ1v) is 15.7. The Hall–Kier alpha value is -2.95. The summed E-state index contributed by atoms with van der Waals surface area (Å²) in [6.07, 6.45) is 5.60. The molecule has 3 amide bonds. The molecule has 226 valence electrons. The average Bonchev–Trinajstić information content (AvgIpc) is 3.68. The van der Waals surface area contributed by atoms with Gasteiger partial charge in [-0.05, 0) is 55.8 Å². The van der Waals surface area contributed by atoms with Crippen molar-refractivity contribution in [2.75, 3.05) is 20.1 Å². The summed E-state index contributed by atoms with van der Waals surface area (Å²) in [5.41, 5.74) is 1.93. The second-order valence-electron chi connectivity index (χ2n) is 13.7. The molecule has 2 aromatic rings. The van der Waals surface area contributed by atoms with Crippen molar-refractivity contribution in [3.63, 3.8) is 0 Å². The molecule has 2 unspecified atom stereocenters. The molecule has 10 nitrogen and oxygen atoms in total. The van der Waals surface area contributed by atoms with Gasteiger partial charge < -0.3 is 25.2 Å². The molecule has 4 fully saturated rings. The standard InChI is InChI=1S/C32H43N5O5/c1-6-18(4)27-29(39)36-12-8-11-25(36)32(41)37(27)30(40)31(42-32,17(2)3)34-28(38)20-13-22-21-9-7-10-23-26(21)19(15-33-23)14-24(22)35(5)16-20/h7,9-10,15,17-18,20,22,24-25,27,33,41H,6,8,11-14,16H2,1-5H3,(H,34,38)/t18?,20-,22?,24-,25+,27+,31-,32+/m1/s1. The Balaban J connectivity index is 1.21. The second-order valence-corrected chi connectivity index (χ2v) is 13.7. The topological polar surface area (TPSA) is 118 Å². The fourth-order valence-corrected chi connectivity index (χ4v) is 8.64. The average molecular weight is 578 g/mol. The smallest absolute Gasteiger partial charge is 0.281 e. The molecule has 5 heterocycles. The van der Waals surface area contributed by atoms with Crippen molar-refractivity contribution in [2.24, 2.45) is 17.8 Å². The van der Waals surface area contributed by atoms with Gasteiger partial charge in [0.05, 0.1) is 5.92 Å². The quantitative estimate of drug-likeness (QED) is 0.503. The van der Waals surface area contributed by atoms with Crippen LogP contribution in [0.3, 0.4) is 0 Å². The fraction of sp³-hybridized carbons (Fsp3) is 0.656. The van der Waals surface area contributed by atoms with Gasteiger partial charge in [-0.15, -0.1) is 0 Å². The predicted octanol–water partition coefficient (Wildman–Crippen LogP) is 2.52. The number of hydrogen-bond donors (Lipinski definition) is 3. The van der Waals surface area contributed by atoms with E-state index < -0.39 is 35.5 Å². The van der Waals surface area contributed by atoms with Crippen LogP contribution in [0.15, 0.2) is 24.4 Å². The molecular formula is C32H43N5O5. The minimum atomic E-state index is -1.99. The van der Waals surface area contributed by atoms with E-state index >= 15 is 0 Å². The van der Waals surface area contributed by atoms with Crippen molar-refractivity contribution < 1.29 is 24.2 Å². The SMILES string of the molecule is CCC(C)[C@H]1C(=O)N2CCC[C@H]2[C@]2(O)O[C@](NC(=O)[C@@H]3CC4c5cccc6[nH]cc(c56)C[C@H]4N(C)C3)(C(C)C)C(=O)N12. The molecule has 42 heavy (non-hydrogen) atoms. The van der Waals surface area contributed by atoms with E-state index in [1.54, 1.807) is 4.90 Å². The number of H-pyrrole nitrogens is 1. The molecule has 4 aliphatic heterocycles. The Morgan fingerprint density at radius 3 is 2.79 bits per heavy atom. The monoisotopic (exact) mass is 577 g/mol. The number of nitrogens with one attached hydrogen (secondary N) is 2. The number of rotatable bonds is 5. The fourth-order valence-electron chi connectivity index (χ4n) is 8.64. The zero-order chi connectivity index (χ0) is 29.7. The molecule has 0 saturated carbocycles. The Bertz CT molecular complexity index is 1460. The van der Waals surface area contributed by atoms with Gasteiger partial charge in [0.25, 0.3) is 11.8 Å². The van der Waals surface area contributed by atoms with Crippen LogP contribution in [-0.2, 0) is 25.5 Å². The van der Waals surface area contributed by atoms with E-state index in [0.29, 0.717) is 32.4 Å². The lowest BCUT2D eigenvalue weighted by atomic mass is 9.72. The molecule has 3 N–H and O–H groups in total. The summed E-state index contributed by atoms with van der Waals surface area (Å²) in [6, 6.07) is 5.12. The number of aliphatic hydroxyl groups is 1. The summed E-state index contributed by atoms with van der Waals surface area (Å²) in [5, 5.41) is 16.5. The molecule has 10 heteroatoms. The van der Waals surface area contributed by atoms with Crippen LogP contribution in [0.4, 0.5) is 0 Å². The highest BCUT2D eigenvalue weighted by Gasteiger charge is 2.72. The number of benzene rings is 1. The predicted molar refractivity (Wildman–Crippen MR) is 156 cm³/mol. The summed E-state index contributed by atoms with van der Waals surface area (Å²) in [6.45, 7) is 8.63. The number of nitrogens with zero attached hydrogens (tertiary/aromatic N) is 3. The third kappa shape index (κ3) is 3.64. The van der Waals surface area contributed by atoms with Crippen LogP contribution in [0.25, 0.3) is 10.9 Å². The first-order valence-electron chi connectivity index (χ1n) is 15.7. The van der Waals surface area contributed by atoms with E-state index in [1.807, 2.05) is 27.7 Å². The van der Waals surface area contributed by atoms with Crippen LogP contribution in [0.1, 0.15) is 70.4 Å². The van der Waals surface area contributed by atoms with Gasteiger partial charge >= 0.3 is 0 Å². The number of likely N-dealkylation sites (tertiary alicyclic amines) is 1. The number of fused-ring (bicyclic) bond motifs is 5. The summed E-state index contributed by atoms with van der Waals surface area (Å²) in [5.74, 6) is -3.79. The van der Waals surface area contributed by atoms with Crippen LogP contribution < -0.4 is 5.32 Å². The molecule has 0 bridgehead atoms. The van der Waals surface area contributed by atoms with Crippen LogP contribution in [0.2, 0.25) is 0 Å². The van der Waals surface area contributed by atoms with Gasteiger partial charge in [0.15, 0.2) is 0 Å². The third-order valence-electron chi connectivity index (χ3n) is 11.1. The maximum Gasteiger partial charge on any atom is 0.281 e. The largest absolute Gasteiger partial charge is 0.361 e. The van der Waals surface area contributed by atoms with Crippen molar-refractivity contribution in [2.45, 2.75) is 95.5 Å². The Kier molecular flexibility index (Phi) is 6.32. The Labute approximate surface area is 246 Å². The van der Waals surface area contributed by atoms with Crippen LogP contribution in [0.5, 0.6) is 0 Å². The number of aromatic nitrogens is 1. The summed E-state index contributed by atoms with van der Waals surface area (Å²) < 4.78 is 6.47. The van der Waals surface area contributed by atoms with Crippen molar-refractivity contribution in [1.29, 1.82) is 0 Å². The van der Waals surface area contributed by atoms with Crippen molar-refractivity contribution in [3.05, 3.63) is 35.5 Å². The van der Waals surface area contributed by atoms with Gasteiger partial charge in [-0.1, -0.05) is 46.2 Å². The lowest BCUT2D eigenvalue weighted by molar-refractivity contribution is -0.324. The minimum Gasteiger partial charge on any atom is -0.361 e. The molecule has 1 aromatic carbocycles. The van der Waals surface area contributed by atoms with Gasteiger partial charge in [0.1, 0.15) is 12.1 Å². The van der Waals surface area contributed by atoms with Crippen molar-refractivity contribution in [3.8, 4) is 0 Å². The molecule has 4 saturated heterocycles. The highest BCUT2D eigenvalue weighted by molar-refractivity contribution is 5.98. The number of aromatic amines is 1. The number of ether oxygens (including phenoxy) is 1. The molecule has 1 aliphatic carbocycles. The molecule has 5 aliphatic rings. The van der Waals surface area contributed by atoms with Crippen molar-refractivity contribution in [1.82, 2.24) is 25.0 Å². The van der Waals surface area contributed by atoms with Crippen molar-refractivity contribution >= 4 is 28.6 Å². The van der Waals surface area contributed by atoms with E-state index in [2.05, 4.69) is 46.6 Å². The summed E-state index contributed by atoms with van der Waals surface area (Å²) in [4.78, 5) is 51.0. The number of hydrogen-bond acceptors (Lipinski definition) is 6. The maximum absolute atomic E-state index is 14.5. The zero-order valence-electron chi connectivity index (χ0n) is 25.2. The minimum absolute atomic E-state index is 0.144. The highest BCUT2D eigenvalue weighted by Crippen LogP contribution is 2.49. The van der Waals surface area contributed by atoms with Crippen LogP contribution in [0, 0.1) is 17.8 Å². The van der Waals surface area contributed by atoms with Gasteiger partial charge in [0.2, 0.25) is 17.5 Å². The zero-order valence-corrected chi connectivity index (χ0v) is 25.2. The van der Waals surface area contributed by atoms with E-state index in [0.717, 1.165) is 18.4 Å². The summed E-state index contributed by atoms with van der Waals surface area (Å²) >= 11 is 0. The molecule has 8 atom stereocenters. The van der Waals surface area contributed by atoms with Gasteiger partial charge in [-0.2, -0.15) is 0 Å². The lowest BCUT2D eigenvalue weighted by Gasteiger charge is -2.50. The van der Waals surface area contributed by atoms with Crippen LogP contribution in [-0.4, -0.2) is 92.4 Å². The molecule has 7 rings (SSSR count). The normalized spacial score (nSPS) is 36.8. The Morgan fingerprint density at radius 1 is 1.26 bits per heavy atom. The van der Waals surface area contributed by atoms with Gasteiger partial charge in [0, 0.05) is 48.1 Å². The van der Waals surface area contributed by atoms with E-state index in [9.17, 15) is 19.5 Å². The van der Waals surface area contributed by atoms with E-state index in [-0.39, 0.29) is 35.6 Å². The van der Waals surface area contributed by atoms with Gasteiger partial charge in [-0.3, -0.25) is 24.0 Å². The number of carbonyl (C=O) groups is 3. The molecule has 0 radical (unpaired) electrons. The highest BCUT2D eigenvalue weighted by atomic mass is 16.7. The van der Waals surface area contributed by atoms with Crippen LogP contribution >= 0.6 is 0 Å². The first-order chi connectivity index (χ1) is 20.0. The molecule has 1 aromatic heterocycles. The first kappa shape index (κ1) is 27.9. The van der Waals surface area contributed by atoms with E-state index in [1.165, 1.54) is 21.4 Å². The number of piperidine rings is 1.